The fourth-order valence-corrected chi connectivity index (χ4v) is 0.708. The van der Waals surface area contributed by atoms with E-state index in [9.17, 15) is 4.79 Å². The minimum Gasteiger partial charge on any atom is -0.394 e. The van der Waals surface area contributed by atoms with Crippen LogP contribution in [0.2, 0.25) is 0 Å². The van der Waals surface area contributed by atoms with Crippen molar-refractivity contribution in [2.45, 2.75) is 25.8 Å². The molecule has 0 heterocycles. The second kappa shape index (κ2) is 6.12. The van der Waals surface area contributed by atoms with Crippen LogP contribution >= 0.6 is 0 Å². The first-order chi connectivity index (χ1) is 5.24. The summed E-state index contributed by atoms with van der Waals surface area (Å²) in [6.07, 6.45) is 1.07. The van der Waals surface area contributed by atoms with Crippen LogP contribution in [-0.4, -0.2) is 30.2 Å². The van der Waals surface area contributed by atoms with E-state index >= 15 is 0 Å². The first-order valence-corrected chi connectivity index (χ1v) is 3.84. The van der Waals surface area contributed by atoms with Crippen LogP contribution in [0.3, 0.4) is 0 Å². The van der Waals surface area contributed by atoms with Gasteiger partial charge in [0.15, 0.2) is 0 Å². The maximum absolute atomic E-state index is 10.9. The predicted octanol–water partition coefficient (Wildman–Crippen LogP) is -0.778. The topological polar surface area (TPSA) is 75.3 Å². The Balaban J connectivity index is 3.54. The van der Waals surface area contributed by atoms with E-state index in [0.29, 0.717) is 13.0 Å². The fraction of sp³-hybridized carbons (Fsp3) is 0.857. The lowest BCUT2D eigenvalue weighted by Gasteiger charge is -2.12. The summed E-state index contributed by atoms with van der Waals surface area (Å²) >= 11 is 0. The largest absolute Gasteiger partial charge is 0.394 e. The number of rotatable bonds is 5. The molecule has 4 N–H and O–H groups in total. The molecule has 1 amide bonds. The number of hydrogen-bond acceptors (Lipinski definition) is 3. The average Bonchev–Trinajstić information content (AvgIpc) is 2.01. The Kier molecular flexibility index (Phi) is 5.78. The quantitative estimate of drug-likeness (QED) is 0.494. The van der Waals surface area contributed by atoms with E-state index in [1.165, 1.54) is 0 Å². The van der Waals surface area contributed by atoms with E-state index in [1.807, 2.05) is 6.92 Å². The lowest BCUT2D eigenvalue weighted by atomic mass is 10.2. The maximum Gasteiger partial charge on any atom is 0.221 e. The van der Waals surface area contributed by atoms with E-state index in [1.54, 1.807) is 0 Å². The molecule has 66 valence electrons. The van der Waals surface area contributed by atoms with Crippen LogP contribution in [0.15, 0.2) is 0 Å². The van der Waals surface area contributed by atoms with Crippen molar-refractivity contribution in [1.82, 2.24) is 5.32 Å². The third-order valence-electron chi connectivity index (χ3n) is 1.45. The maximum atomic E-state index is 10.9. The molecule has 0 aliphatic rings. The Morgan fingerprint density at radius 1 is 1.73 bits per heavy atom. The number of nitrogens with one attached hydrogen (secondary N) is 1. The molecule has 4 heteroatoms. The zero-order valence-corrected chi connectivity index (χ0v) is 6.84. The minimum absolute atomic E-state index is 0.00713. The molecule has 0 fully saturated rings. The second-order valence-electron chi connectivity index (χ2n) is 2.39. The molecule has 0 aliphatic heterocycles. The zero-order valence-electron chi connectivity index (χ0n) is 6.84. The summed E-state index contributed by atoms with van der Waals surface area (Å²) in [4.78, 5) is 10.9. The highest BCUT2D eigenvalue weighted by molar-refractivity contribution is 5.76. The Labute approximate surface area is 66.8 Å². The second-order valence-corrected chi connectivity index (χ2v) is 2.39. The summed E-state index contributed by atoms with van der Waals surface area (Å²) in [6.45, 7) is 2.25. The van der Waals surface area contributed by atoms with Gasteiger partial charge in [-0.3, -0.25) is 4.79 Å². The summed E-state index contributed by atoms with van der Waals surface area (Å²) in [7, 11) is 0. The normalized spacial score (nSPS) is 12.6. The molecule has 0 aromatic carbocycles. The molecule has 0 saturated carbocycles. The van der Waals surface area contributed by atoms with Crippen LogP contribution < -0.4 is 11.1 Å². The first-order valence-electron chi connectivity index (χ1n) is 3.84. The lowest BCUT2D eigenvalue weighted by Crippen LogP contribution is -2.37. The molecule has 4 nitrogen and oxygen atoms in total. The molecule has 1 atom stereocenters. The van der Waals surface area contributed by atoms with Crippen LogP contribution in [-0.2, 0) is 4.79 Å². The van der Waals surface area contributed by atoms with Crippen LogP contribution in [0, 0.1) is 0 Å². The summed E-state index contributed by atoms with van der Waals surface area (Å²) < 4.78 is 0. The Hall–Kier alpha value is -0.610. The van der Waals surface area contributed by atoms with Crippen LogP contribution in [0.1, 0.15) is 19.8 Å². The Morgan fingerprint density at radius 3 is 2.73 bits per heavy atom. The van der Waals surface area contributed by atoms with Gasteiger partial charge in [0.05, 0.1) is 12.6 Å². The predicted molar refractivity (Wildman–Crippen MR) is 43.0 cm³/mol. The van der Waals surface area contributed by atoms with Gasteiger partial charge in [-0.15, -0.1) is 0 Å². The lowest BCUT2D eigenvalue weighted by molar-refractivity contribution is -0.121. The van der Waals surface area contributed by atoms with Crippen LogP contribution in [0.25, 0.3) is 0 Å². The minimum atomic E-state index is -0.117. The zero-order chi connectivity index (χ0) is 8.69. The van der Waals surface area contributed by atoms with Gasteiger partial charge in [-0.25, -0.2) is 0 Å². The highest BCUT2D eigenvalue weighted by atomic mass is 16.3. The molecule has 0 unspecified atom stereocenters. The monoisotopic (exact) mass is 160 g/mol. The third kappa shape index (κ3) is 4.75. The third-order valence-corrected chi connectivity index (χ3v) is 1.45. The van der Waals surface area contributed by atoms with Crippen molar-refractivity contribution >= 4 is 5.91 Å². The van der Waals surface area contributed by atoms with Crippen molar-refractivity contribution in [3.63, 3.8) is 0 Å². The van der Waals surface area contributed by atoms with Gasteiger partial charge in [-0.2, -0.15) is 0 Å². The average molecular weight is 160 g/mol. The van der Waals surface area contributed by atoms with Crippen molar-refractivity contribution < 1.29 is 9.90 Å². The van der Waals surface area contributed by atoms with Gasteiger partial charge >= 0.3 is 0 Å². The van der Waals surface area contributed by atoms with Gasteiger partial charge in [-0.05, 0) is 6.42 Å². The van der Waals surface area contributed by atoms with Crippen molar-refractivity contribution in [1.29, 1.82) is 0 Å². The van der Waals surface area contributed by atoms with Gasteiger partial charge in [0, 0.05) is 13.0 Å². The number of carbonyl (C=O) groups excluding carboxylic acids is 1. The molecule has 0 saturated heterocycles. The van der Waals surface area contributed by atoms with E-state index in [0.717, 1.165) is 6.42 Å². The molecule has 0 aliphatic carbocycles. The van der Waals surface area contributed by atoms with Crippen molar-refractivity contribution in [3.05, 3.63) is 0 Å². The summed E-state index contributed by atoms with van der Waals surface area (Å²) in [5.74, 6) is -0.0894. The summed E-state index contributed by atoms with van der Waals surface area (Å²) in [5, 5.41) is 11.3. The molecule has 0 aromatic heterocycles. The summed E-state index contributed by atoms with van der Waals surface area (Å²) in [6, 6.07) is -0.117. The molecular weight excluding hydrogens is 144 g/mol. The highest BCUT2D eigenvalue weighted by Crippen LogP contribution is 1.89. The van der Waals surface area contributed by atoms with Gasteiger partial charge in [0.2, 0.25) is 5.91 Å². The molecule has 0 aromatic rings. The number of aliphatic hydroxyl groups excluding tert-OH is 1. The van der Waals surface area contributed by atoms with E-state index in [-0.39, 0.29) is 18.6 Å². The van der Waals surface area contributed by atoms with Crippen molar-refractivity contribution in [2.24, 2.45) is 5.73 Å². The van der Waals surface area contributed by atoms with E-state index in [2.05, 4.69) is 5.32 Å². The number of carbonyl (C=O) groups is 1. The van der Waals surface area contributed by atoms with Gasteiger partial charge < -0.3 is 16.2 Å². The number of nitrogens with two attached hydrogens (primary N) is 1. The van der Waals surface area contributed by atoms with Gasteiger partial charge in [0.1, 0.15) is 0 Å². The van der Waals surface area contributed by atoms with E-state index < -0.39 is 0 Å². The van der Waals surface area contributed by atoms with Gasteiger partial charge in [0.25, 0.3) is 0 Å². The number of aliphatic hydroxyl groups is 1. The van der Waals surface area contributed by atoms with Crippen molar-refractivity contribution in [2.75, 3.05) is 13.2 Å². The molecule has 0 bridgehead atoms. The van der Waals surface area contributed by atoms with Gasteiger partial charge in [-0.1, -0.05) is 6.92 Å². The summed E-state index contributed by atoms with van der Waals surface area (Å²) in [5.41, 5.74) is 5.16. The van der Waals surface area contributed by atoms with E-state index in [4.69, 9.17) is 10.8 Å². The SMILES string of the molecule is CC[C@@H](CO)NC(=O)CCN. The Morgan fingerprint density at radius 2 is 2.36 bits per heavy atom. The molecule has 0 spiro atoms. The Bertz CT molecular complexity index is 113. The molecular formula is C7H16N2O2. The molecule has 0 radical (unpaired) electrons. The fourth-order valence-electron chi connectivity index (χ4n) is 0.708. The molecule has 0 rings (SSSR count). The van der Waals surface area contributed by atoms with Crippen molar-refractivity contribution in [3.8, 4) is 0 Å². The number of amides is 1. The smallest absolute Gasteiger partial charge is 0.221 e. The first kappa shape index (κ1) is 10.4. The standard InChI is InChI=1S/C7H16N2O2/c1-2-6(5-10)9-7(11)3-4-8/h6,10H,2-5,8H2,1H3,(H,9,11)/t6-/m0/s1. The van der Waals surface area contributed by atoms with Crippen LogP contribution in [0.5, 0.6) is 0 Å². The number of hydrogen-bond donors (Lipinski definition) is 3. The molecule has 11 heavy (non-hydrogen) atoms. The van der Waals surface area contributed by atoms with Crippen LogP contribution in [0.4, 0.5) is 0 Å². The highest BCUT2D eigenvalue weighted by Gasteiger charge is 2.06.